The average Bonchev–Trinajstić information content (AvgIpc) is 3.50. The van der Waals surface area contributed by atoms with Crippen molar-refractivity contribution in [2.75, 3.05) is 24.5 Å². The molecule has 11 heteroatoms. The summed E-state index contributed by atoms with van der Waals surface area (Å²) in [6.07, 6.45) is 1.46. The first kappa shape index (κ1) is 25.0. The van der Waals surface area contributed by atoms with Crippen LogP contribution in [0.3, 0.4) is 0 Å². The lowest BCUT2D eigenvalue weighted by Crippen LogP contribution is -2.53. The number of hydrogen-bond acceptors (Lipinski definition) is 5. The number of nitrogens with zero attached hydrogens (tertiary/aromatic N) is 4. The third kappa shape index (κ3) is 4.41. The Labute approximate surface area is 235 Å². The van der Waals surface area contributed by atoms with Crippen LogP contribution in [0.2, 0.25) is 0 Å². The average molecular weight is 567 g/mol. The highest BCUT2D eigenvalue weighted by Gasteiger charge is 2.63. The normalized spacial score (nSPS) is 24.1. The summed E-state index contributed by atoms with van der Waals surface area (Å²) in [6, 6.07) is 7.50. The summed E-state index contributed by atoms with van der Waals surface area (Å²) in [6.45, 7) is 0.845. The third-order valence-corrected chi connectivity index (χ3v) is 9.11. The topological polar surface area (TPSA) is 87.5 Å². The van der Waals surface area contributed by atoms with E-state index in [1.807, 2.05) is 35.4 Å². The van der Waals surface area contributed by atoms with Crippen molar-refractivity contribution in [3.05, 3.63) is 59.4 Å². The number of carbonyl (C=O) groups excluding carboxylic acids is 3. The molecule has 2 saturated heterocycles. The molecule has 0 spiro atoms. The second-order valence-corrected chi connectivity index (χ2v) is 11.7. The standard InChI is InChI=1S/C30H30F3N5O3/c31-30(32,33)29(10-11-29)17-36-12-8-20(9-13-36)37-16-18(15-34-37)14-19-4-5-23-26-21(19)2-1-3-22(26)28(41)38(23)24-6-7-25(39)35-27(24)40/h1-5,15-16,20,24H,6-14,17H2,(H,35,39,40)/i20D. The Morgan fingerprint density at radius 3 is 2.56 bits per heavy atom. The zero-order valence-corrected chi connectivity index (χ0v) is 22.3. The SMILES string of the molecule is [2H]C1(n2cc(Cc3ccc4c5c(cccc35)C(=O)N4C3CCC(=O)NC3=O)cn2)CCN(CC2(C(F)(F)F)CC2)CC1. The second-order valence-electron chi connectivity index (χ2n) is 11.7. The number of amides is 3. The van der Waals surface area contributed by atoms with Gasteiger partial charge in [0, 0.05) is 49.6 Å². The number of imide groups is 1. The molecule has 1 aliphatic carbocycles. The molecule has 214 valence electrons. The van der Waals surface area contributed by atoms with Crippen LogP contribution in [0.25, 0.3) is 10.8 Å². The van der Waals surface area contributed by atoms with E-state index in [1.165, 1.54) is 4.90 Å². The Balaban J connectivity index is 1.09. The van der Waals surface area contributed by atoms with Crippen LogP contribution in [-0.2, 0) is 16.0 Å². The van der Waals surface area contributed by atoms with Crippen LogP contribution in [0.4, 0.5) is 18.9 Å². The molecule has 3 aromatic rings. The maximum atomic E-state index is 13.4. The van der Waals surface area contributed by atoms with Crippen molar-refractivity contribution in [1.82, 2.24) is 20.0 Å². The molecule has 2 aromatic carbocycles. The van der Waals surface area contributed by atoms with Crippen LogP contribution in [0.15, 0.2) is 42.7 Å². The number of likely N-dealkylation sites (tertiary alicyclic amines) is 1. The van der Waals surface area contributed by atoms with Gasteiger partial charge in [-0.05, 0) is 60.7 Å². The minimum atomic E-state index is -4.18. The number of hydrogen-bond donors (Lipinski definition) is 1. The van der Waals surface area contributed by atoms with E-state index in [9.17, 15) is 27.6 Å². The zero-order valence-electron chi connectivity index (χ0n) is 23.3. The molecular formula is C30H30F3N5O3. The van der Waals surface area contributed by atoms with Gasteiger partial charge in [-0.15, -0.1) is 0 Å². The summed E-state index contributed by atoms with van der Waals surface area (Å²) < 4.78 is 50.9. The molecule has 1 atom stereocenters. The lowest BCUT2D eigenvalue weighted by atomic mass is 9.97. The summed E-state index contributed by atoms with van der Waals surface area (Å²) in [4.78, 5) is 41.0. The summed E-state index contributed by atoms with van der Waals surface area (Å²) in [5.41, 5.74) is 1.43. The first-order chi connectivity index (χ1) is 20.0. The maximum Gasteiger partial charge on any atom is 0.395 e. The number of benzene rings is 2. The molecular weight excluding hydrogens is 535 g/mol. The largest absolute Gasteiger partial charge is 0.395 e. The zero-order chi connectivity index (χ0) is 29.4. The minimum absolute atomic E-state index is 0.00543. The molecule has 7 rings (SSSR count). The summed E-state index contributed by atoms with van der Waals surface area (Å²) >= 11 is 0. The van der Waals surface area contributed by atoms with E-state index < -0.39 is 29.6 Å². The Hall–Kier alpha value is -3.73. The Bertz CT molecular complexity index is 1620. The number of halogens is 3. The van der Waals surface area contributed by atoms with E-state index in [1.54, 1.807) is 16.9 Å². The molecule has 0 bridgehead atoms. The lowest BCUT2D eigenvalue weighted by molar-refractivity contribution is -0.192. The van der Waals surface area contributed by atoms with Crippen molar-refractivity contribution in [2.24, 2.45) is 5.41 Å². The van der Waals surface area contributed by atoms with Gasteiger partial charge < -0.3 is 4.90 Å². The Morgan fingerprint density at radius 2 is 1.85 bits per heavy atom. The third-order valence-electron chi connectivity index (χ3n) is 9.11. The van der Waals surface area contributed by atoms with E-state index in [0.29, 0.717) is 43.6 Å². The maximum absolute atomic E-state index is 13.4. The van der Waals surface area contributed by atoms with E-state index in [4.69, 9.17) is 1.37 Å². The first-order valence-corrected chi connectivity index (χ1v) is 14.0. The molecule has 4 heterocycles. The van der Waals surface area contributed by atoms with Gasteiger partial charge in [0.05, 0.1) is 24.7 Å². The molecule has 3 amide bonds. The van der Waals surface area contributed by atoms with Crippen LogP contribution < -0.4 is 10.2 Å². The number of nitrogens with one attached hydrogen (secondary N) is 1. The molecule has 8 nitrogen and oxygen atoms in total. The molecule has 1 unspecified atom stereocenters. The number of carbonyl (C=O) groups is 3. The molecule has 1 aromatic heterocycles. The first-order valence-electron chi connectivity index (χ1n) is 14.5. The summed E-state index contributed by atoms with van der Waals surface area (Å²) in [5.74, 6) is -1.07. The van der Waals surface area contributed by atoms with Gasteiger partial charge in [0.15, 0.2) is 0 Å². The molecule has 1 N–H and O–H groups in total. The van der Waals surface area contributed by atoms with E-state index in [0.717, 1.165) is 21.9 Å². The van der Waals surface area contributed by atoms with Crippen molar-refractivity contribution in [3.63, 3.8) is 0 Å². The fourth-order valence-electron chi connectivity index (χ4n) is 6.61. The molecule has 4 aliphatic rings. The molecule has 1 saturated carbocycles. The molecule has 3 aliphatic heterocycles. The van der Waals surface area contributed by atoms with Gasteiger partial charge in [-0.3, -0.25) is 29.3 Å². The van der Waals surface area contributed by atoms with E-state index >= 15 is 0 Å². The highest BCUT2D eigenvalue weighted by Crippen LogP contribution is 2.58. The highest BCUT2D eigenvalue weighted by atomic mass is 19.4. The van der Waals surface area contributed by atoms with Gasteiger partial charge in [0.2, 0.25) is 11.8 Å². The summed E-state index contributed by atoms with van der Waals surface area (Å²) in [7, 11) is 0. The molecule has 0 radical (unpaired) electrons. The van der Waals surface area contributed by atoms with E-state index in [2.05, 4.69) is 10.4 Å². The molecule has 41 heavy (non-hydrogen) atoms. The number of anilines is 1. The van der Waals surface area contributed by atoms with Crippen molar-refractivity contribution >= 4 is 34.2 Å². The van der Waals surface area contributed by atoms with Gasteiger partial charge in [0.1, 0.15) is 6.04 Å². The molecule has 3 fully saturated rings. The van der Waals surface area contributed by atoms with Gasteiger partial charge in [0.25, 0.3) is 5.91 Å². The quantitative estimate of drug-likeness (QED) is 0.448. The predicted octanol–water partition coefficient (Wildman–Crippen LogP) is 4.37. The number of piperidine rings is 2. The summed E-state index contributed by atoms with van der Waals surface area (Å²) in [5, 5.41) is 8.48. The van der Waals surface area contributed by atoms with Crippen molar-refractivity contribution in [1.29, 1.82) is 0 Å². The van der Waals surface area contributed by atoms with Crippen LogP contribution in [0.1, 0.15) is 67.4 Å². The highest BCUT2D eigenvalue weighted by molar-refractivity contribution is 6.27. The smallest absolute Gasteiger partial charge is 0.302 e. The second kappa shape index (κ2) is 9.40. The van der Waals surface area contributed by atoms with Gasteiger partial charge in [-0.1, -0.05) is 18.2 Å². The van der Waals surface area contributed by atoms with Crippen LogP contribution in [-0.4, -0.2) is 64.3 Å². The number of aromatic nitrogens is 2. The Morgan fingerprint density at radius 1 is 1.07 bits per heavy atom. The number of alkyl halides is 3. The predicted molar refractivity (Wildman–Crippen MR) is 144 cm³/mol. The minimum Gasteiger partial charge on any atom is -0.302 e. The number of rotatable bonds is 6. The van der Waals surface area contributed by atoms with Crippen LogP contribution >= 0.6 is 0 Å². The van der Waals surface area contributed by atoms with Gasteiger partial charge in [-0.25, -0.2) is 0 Å². The monoisotopic (exact) mass is 566 g/mol. The fourth-order valence-corrected chi connectivity index (χ4v) is 6.61. The van der Waals surface area contributed by atoms with Crippen molar-refractivity contribution in [2.45, 2.75) is 63.2 Å². The Kier molecular flexibility index (Phi) is 5.74. The fraction of sp³-hybridized carbons (Fsp3) is 0.467. The van der Waals surface area contributed by atoms with Gasteiger partial charge >= 0.3 is 6.18 Å². The van der Waals surface area contributed by atoms with Crippen LogP contribution in [0, 0.1) is 5.41 Å². The van der Waals surface area contributed by atoms with Crippen LogP contribution in [0.5, 0.6) is 0 Å². The van der Waals surface area contributed by atoms with Crippen molar-refractivity contribution in [3.8, 4) is 0 Å². The van der Waals surface area contributed by atoms with E-state index in [-0.39, 0.29) is 44.0 Å². The van der Waals surface area contributed by atoms with Gasteiger partial charge in [-0.2, -0.15) is 18.3 Å². The lowest BCUT2D eigenvalue weighted by Gasteiger charge is -2.35. The van der Waals surface area contributed by atoms with Crippen molar-refractivity contribution < 1.29 is 28.9 Å².